The molecule has 0 atom stereocenters. The number of alkyl halides is 3. The van der Waals surface area contributed by atoms with Crippen LogP contribution in [0.4, 0.5) is 13.2 Å². The molecule has 1 heterocycles. The number of nitrogens with zero attached hydrogens (tertiary/aromatic N) is 1. The second-order valence-corrected chi connectivity index (χ2v) is 3.25. The van der Waals surface area contributed by atoms with Crippen molar-refractivity contribution >= 4 is 17.7 Å². The van der Waals surface area contributed by atoms with Crippen molar-refractivity contribution < 1.29 is 23.1 Å². The van der Waals surface area contributed by atoms with Gasteiger partial charge in [0.1, 0.15) is 5.69 Å². The minimum atomic E-state index is -4.27. The normalized spacial score (nSPS) is 11.7. The molecule has 1 aromatic heterocycles. The number of hydrogen-bond acceptors (Lipinski definition) is 1. The minimum Gasteiger partial charge on any atom is -0.477 e. The summed E-state index contributed by atoms with van der Waals surface area (Å²) in [5, 5.41) is 8.58. The van der Waals surface area contributed by atoms with Crippen LogP contribution in [0.3, 0.4) is 0 Å². The Morgan fingerprint density at radius 2 is 2.07 bits per heavy atom. The van der Waals surface area contributed by atoms with E-state index in [0.717, 1.165) is 4.09 Å². The van der Waals surface area contributed by atoms with Crippen LogP contribution in [0, 0.1) is 0 Å². The van der Waals surface area contributed by atoms with E-state index in [2.05, 4.69) is 0 Å². The zero-order chi connectivity index (χ0) is 11.6. The molecule has 0 radical (unpaired) electrons. The smallest absolute Gasteiger partial charge is 0.389 e. The number of carboxylic acids is 1. The fourth-order valence-corrected chi connectivity index (χ4v) is 1.34. The Labute approximate surface area is 88.2 Å². The molecule has 0 aliphatic heterocycles. The molecule has 1 N–H and O–H groups in total. The highest BCUT2D eigenvalue weighted by Gasteiger charge is 2.27. The van der Waals surface area contributed by atoms with Crippen molar-refractivity contribution in [3.8, 4) is 0 Å². The molecular formula is C8H7ClF3NO2. The summed E-state index contributed by atoms with van der Waals surface area (Å²) in [5.74, 6) is -1.27. The van der Waals surface area contributed by atoms with Crippen LogP contribution in [0.1, 0.15) is 22.6 Å². The zero-order valence-electron chi connectivity index (χ0n) is 7.38. The fourth-order valence-electron chi connectivity index (χ4n) is 1.07. The van der Waals surface area contributed by atoms with Gasteiger partial charge in [0.15, 0.2) is 0 Å². The topological polar surface area (TPSA) is 42.2 Å². The first-order chi connectivity index (χ1) is 6.81. The van der Waals surface area contributed by atoms with E-state index in [4.69, 9.17) is 16.9 Å². The SMILES string of the molecule is O=C(O)c1ccc(CCC(F)(F)F)n1Cl. The number of aromatic carboxylic acids is 1. The van der Waals surface area contributed by atoms with Gasteiger partial charge in [-0.25, -0.2) is 4.79 Å². The molecule has 0 bridgehead atoms. The van der Waals surface area contributed by atoms with Crippen molar-refractivity contribution in [1.29, 1.82) is 0 Å². The van der Waals surface area contributed by atoms with Gasteiger partial charge < -0.3 is 5.11 Å². The molecule has 0 saturated heterocycles. The third kappa shape index (κ3) is 3.16. The number of halogens is 4. The molecule has 3 nitrogen and oxygen atoms in total. The maximum absolute atomic E-state index is 11.9. The first kappa shape index (κ1) is 11.9. The number of hydrogen-bond donors (Lipinski definition) is 1. The van der Waals surface area contributed by atoms with Gasteiger partial charge in [0, 0.05) is 23.9 Å². The van der Waals surface area contributed by atoms with Gasteiger partial charge in [-0.1, -0.05) is 0 Å². The third-order valence-electron chi connectivity index (χ3n) is 1.78. The molecule has 0 spiro atoms. The van der Waals surface area contributed by atoms with Gasteiger partial charge in [-0.3, -0.25) is 4.09 Å². The predicted octanol–water partition coefficient (Wildman–Crippen LogP) is 2.68. The van der Waals surface area contributed by atoms with Crippen LogP contribution < -0.4 is 0 Å². The molecule has 0 unspecified atom stereocenters. The van der Waals surface area contributed by atoms with Gasteiger partial charge in [-0.05, 0) is 18.6 Å². The van der Waals surface area contributed by atoms with E-state index in [9.17, 15) is 18.0 Å². The van der Waals surface area contributed by atoms with Crippen molar-refractivity contribution in [2.45, 2.75) is 19.0 Å². The van der Waals surface area contributed by atoms with E-state index in [1.165, 1.54) is 12.1 Å². The number of rotatable bonds is 3. The summed E-state index contributed by atoms with van der Waals surface area (Å²) < 4.78 is 36.3. The van der Waals surface area contributed by atoms with E-state index >= 15 is 0 Å². The van der Waals surface area contributed by atoms with Gasteiger partial charge in [0.05, 0.1) is 0 Å². The fraction of sp³-hybridized carbons (Fsp3) is 0.375. The minimum absolute atomic E-state index is 0.131. The van der Waals surface area contributed by atoms with Gasteiger partial charge in [-0.15, -0.1) is 0 Å². The Morgan fingerprint density at radius 1 is 1.47 bits per heavy atom. The van der Waals surface area contributed by atoms with Crippen LogP contribution in [-0.2, 0) is 6.42 Å². The van der Waals surface area contributed by atoms with Crippen LogP contribution in [0.15, 0.2) is 12.1 Å². The quantitative estimate of drug-likeness (QED) is 0.884. The molecular weight excluding hydrogens is 235 g/mol. The van der Waals surface area contributed by atoms with Crippen molar-refractivity contribution in [3.05, 3.63) is 23.5 Å². The Hall–Kier alpha value is -1.17. The lowest BCUT2D eigenvalue weighted by molar-refractivity contribution is -0.134. The lowest BCUT2D eigenvalue weighted by atomic mass is 10.2. The van der Waals surface area contributed by atoms with E-state index in [0.29, 0.717) is 0 Å². The van der Waals surface area contributed by atoms with Crippen LogP contribution in [0.2, 0.25) is 0 Å². The monoisotopic (exact) mass is 241 g/mol. The zero-order valence-corrected chi connectivity index (χ0v) is 8.14. The summed E-state index contributed by atoms with van der Waals surface area (Å²) in [6.45, 7) is 0. The summed E-state index contributed by atoms with van der Waals surface area (Å²) in [5.41, 5.74) is -0.111. The van der Waals surface area contributed by atoms with Crippen LogP contribution in [0.25, 0.3) is 0 Å². The van der Waals surface area contributed by atoms with Crippen molar-refractivity contribution in [2.75, 3.05) is 0 Å². The highest BCUT2D eigenvalue weighted by atomic mass is 35.5. The number of carboxylic acid groups (broad SMARTS) is 1. The Bertz CT molecular complexity index is 372. The molecule has 0 saturated carbocycles. The Balaban J connectivity index is 2.75. The summed E-state index contributed by atoms with van der Waals surface area (Å²) in [6, 6.07) is 2.43. The molecule has 0 aliphatic rings. The molecule has 84 valence electrons. The molecule has 15 heavy (non-hydrogen) atoms. The molecule has 0 fully saturated rings. The highest BCUT2D eigenvalue weighted by molar-refractivity contribution is 6.18. The third-order valence-corrected chi connectivity index (χ3v) is 2.18. The molecule has 0 amide bonds. The Kier molecular flexibility index (Phi) is 3.28. The standard InChI is InChI=1S/C8H7ClF3NO2/c9-13-5(3-4-8(10,11)12)1-2-6(13)7(14)15/h1-2H,3-4H2,(H,14,15). The van der Waals surface area contributed by atoms with Crippen molar-refractivity contribution in [1.82, 2.24) is 4.09 Å². The predicted molar refractivity (Wildman–Crippen MR) is 47.0 cm³/mol. The maximum atomic E-state index is 11.9. The second-order valence-electron chi connectivity index (χ2n) is 2.91. The first-order valence-corrected chi connectivity index (χ1v) is 4.32. The van der Waals surface area contributed by atoms with E-state index in [-0.39, 0.29) is 17.8 Å². The molecule has 0 aliphatic carbocycles. The Morgan fingerprint density at radius 3 is 2.47 bits per heavy atom. The van der Waals surface area contributed by atoms with Gasteiger partial charge >= 0.3 is 12.1 Å². The van der Waals surface area contributed by atoms with Crippen LogP contribution in [0.5, 0.6) is 0 Å². The summed E-state index contributed by atoms with van der Waals surface area (Å²) >= 11 is 5.52. The van der Waals surface area contributed by atoms with Gasteiger partial charge in [0.2, 0.25) is 0 Å². The largest absolute Gasteiger partial charge is 0.477 e. The number of aromatic nitrogens is 1. The highest BCUT2D eigenvalue weighted by Crippen LogP contribution is 2.23. The maximum Gasteiger partial charge on any atom is 0.389 e. The van der Waals surface area contributed by atoms with Crippen LogP contribution >= 0.6 is 11.8 Å². The number of aryl methyl sites for hydroxylation is 1. The second kappa shape index (κ2) is 4.14. The van der Waals surface area contributed by atoms with Crippen molar-refractivity contribution in [2.24, 2.45) is 0 Å². The first-order valence-electron chi connectivity index (χ1n) is 3.98. The van der Waals surface area contributed by atoms with E-state index in [1.807, 2.05) is 0 Å². The van der Waals surface area contributed by atoms with Crippen molar-refractivity contribution in [3.63, 3.8) is 0 Å². The number of carbonyl (C=O) groups is 1. The molecule has 1 aromatic rings. The molecule has 1 rings (SSSR count). The molecule has 0 aromatic carbocycles. The van der Waals surface area contributed by atoms with Gasteiger partial charge in [0.25, 0.3) is 0 Å². The molecule has 7 heteroatoms. The lowest BCUT2D eigenvalue weighted by Crippen LogP contribution is -2.10. The van der Waals surface area contributed by atoms with E-state index < -0.39 is 18.6 Å². The average molecular weight is 242 g/mol. The summed E-state index contributed by atoms with van der Waals surface area (Å²) in [6.07, 6.45) is -5.63. The van der Waals surface area contributed by atoms with Crippen LogP contribution in [-0.4, -0.2) is 21.3 Å². The van der Waals surface area contributed by atoms with E-state index in [1.54, 1.807) is 0 Å². The van der Waals surface area contributed by atoms with Gasteiger partial charge in [-0.2, -0.15) is 13.2 Å². The summed E-state index contributed by atoms with van der Waals surface area (Å²) in [7, 11) is 0. The average Bonchev–Trinajstić information content (AvgIpc) is 2.42. The lowest BCUT2D eigenvalue weighted by Gasteiger charge is -2.06. The summed E-state index contributed by atoms with van der Waals surface area (Å²) in [4.78, 5) is 10.5.